The lowest BCUT2D eigenvalue weighted by molar-refractivity contribution is 1.08. The summed E-state index contributed by atoms with van der Waals surface area (Å²) in [4.78, 5) is 10.3. The number of hydrogen-bond donors (Lipinski definition) is 0. The minimum Gasteiger partial charge on any atom is -0.274 e. The Kier molecular flexibility index (Phi) is 2.98. The van der Waals surface area contributed by atoms with Crippen molar-refractivity contribution in [2.24, 2.45) is 0 Å². The molecule has 1 aromatic carbocycles. The van der Waals surface area contributed by atoms with E-state index in [1.807, 2.05) is 52.4 Å². The van der Waals surface area contributed by atoms with Crippen LogP contribution in [0.15, 0.2) is 60.1 Å². The van der Waals surface area contributed by atoms with Gasteiger partial charge in [-0.15, -0.1) is 11.3 Å². The Labute approximate surface area is 130 Å². The number of fused-ring (bicyclic) bond motifs is 1. The quantitative estimate of drug-likeness (QED) is 0.532. The van der Waals surface area contributed by atoms with Crippen molar-refractivity contribution >= 4 is 34.1 Å². The highest BCUT2D eigenvalue weighted by Gasteiger charge is 2.17. The standard InChI is InChI=1S/C16H10ClN3S/c17-11-5-1-2-7-13(11)20-15-12(6-3-9-18-15)19-16(20)14-8-4-10-21-14/h1-10H. The molecule has 0 atom stereocenters. The number of hydrogen-bond acceptors (Lipinski definition) is 3. The third-order valence-electron chi connectivity index (χ3n) is 3.25. The second-order valence-corrected chi connectivity index (χ2v) is 5.90. The maximum Gasteiger partial charge on any atom is 0.165 e. The Morgan fingerprint density at radius 3 is 2.71 bits per heavy atom. The predicted molar refractivity (Wildman–Crippen MR) is 87.2 cm³/mol. The van der Waals surface area contributed by atoms with Crippen molar-refractivity contribution in [3.63, 3.8) is 0 Å². The zero-order valence-electron chi connectivity index (χ0n) is 10.9. The molecule has 3 heterocycles. The van der Waals surface area contributed by atoms with Crippen molar-refractivity contribution in [3.05, 3.63) is 65.1 Å². The van der Waals surface area contributed by atoms with Crippen molar-refractivity contribution < 1.29 is 0 Å². The highest BCUT2D eigenvalue weighted by atomic mass is 35.5. The Balaban J connectivity index is 2.11. The molecule has 0 unspecified atom stereocenters. The zero-order valence-corrected chi connectivity index (χ0v) is 12.5. The van der Waals surface area contributed by atoms with Crippen LogP contribution in [0.4, 0.5) is 0 Å². The van der Waals surface area contributed by atoms with Crippen molar-refractivity contribution in [2.75, 3.05) is 0 Å². The Hall–Kier alpha value is -2.17. The van der Waals surface area contributed by atoms with Crippen LogP contribution in [0.25, 0.3) is 27.6 Å². The molecule has 0 radical (unpaired) electrons. The highest BCUT2D eigenvalue weighted by molar-refractivity contribution is 7.13. The fraction of sp³-hybridized carbons (Fsp3) is 0. The minimum atomic E-state index is 0.681. The fourth-order valence-electron chi connectivity index (χ4n) is 2.34. The van der Waals surface area contributed by atoms with Crippen molar-refractivity contribution in [2.45, 2.75) is 0 Å². The molecule has 5 heteroatoms. The Bertz CT molecular complexity index is 912. The molecular weight excluding hydrogens is 302 g/mol. The van der Waals surface area contributed by atoms with Gasteiger partial charge in [0.25, 0.3) is 0 Å². The van der Waals surface area contributed by atoms with Gasteiger partial charge in [0, 0.05) is 6.20 Å². The molecule has 0 aliphatic rings. The molecule has 3 aromatic heterocycles. The smallest absolute Gasteiger partial charge is 0.165 e. The maximum atomic E-state index is 6.38. The summed E-state index contributed by atoms with van der Waals surface area (Å²) in [5, 5.41) is 2.72. The monoisotopic (exact) mass is 311 g/mol. The first-order valence-corrected chi connectivity index (χ1v) is 7.72. The van der Waals surface area contributed by atoms with Crippen LogP contribution in [0.5, 0.6) is 0 Å². The molecule has 0 amide bonds. The van der Waals surface area contributed by atoms with Crippen molar-refractivity contribution in [3.8, 4) is 16.4 Å². The van der Waals surface area contributed by atoms with E-state index in [1.165, 1.54) is 0 Å². The van der Waals surface area contributed by atoms with Gasteiger partial charge in [-0.2, -0.15) is 0 Å². The van der Waals surface area contributed by atoms with E-state index < -0.39 is 0 Å². The summed E-state index contributed by atoms with van der Waals surface area (Å²) in [5.74, 6) is 0.867. The molecule has 0 aliphatic heterocycles. The summed E-state index contributed by atoms with van der Waals surface area (Å²) in [6, 6.07) is 15.7. The summed E-state index contributed by atoms with van der Waals surface area (Å²) in [6.07, 6.45) is 1.77. The number of benzene rings is 1. The van der Waals surface area contributed by atoms with Crippen LogP contribution in [0, 0.1) is 0 Å². The number of para-hydroxylation sites is 1. The van der Waals surface area contributed by atoms with Gasteiger partial charge in [0.05, 0.1) is 15.6 Å². The first kappa shape index (κ1) is 12.6. The highest BCUT2D eigenvalue weighted by Crippen LogP contribution is 2.32. The Morgan fingerprint density at radius 1 is 1.00 bits per heavy atom. The molecule has 0 aliphatic carbocycles. The number of imidazole rings is 1. The van der Waals surface area contributed by atoms with Gasteiger partial charge in [-0.25, -0.2) is 9.97 Å². The van der Waals surface area contributed by atoms with Gasteiger partial charge < -0.3 is 0 Å². The van der Waals surface area contributed by atoms with Crippen molar-refractivity contribution in [1.29, 1.82) is 0 Å². The molecular formula is C16H10ClN3S. The van der Waals surface area contributed by atoms with Gasteiger partial charge in [-0.05, 0) is 35.7 Å². The fourth-order valence-corrected chi connectivity index (χ4v) is 3.27. The number of thiophene rings is 1. The summed E-state index contributed by atoms with van der Waals surface area (Å²) in [6.45, 7) is 0. The third-order valence-corrected chi connectivity index (χ3v) is 4.44. The summed E-state index contributed by atoms with van der Waals surface area (Å²) in [7, 11) is 0. The molecule has 0 fully saturated rings. The molecule has 21 heavy (non-hydrogen) atoms. The molecule has 0 bridgehead atoms. The van der Waals surface area contributed by atoms with Crippen molar-refractivity contribution in [1.82, 2.24) is 14.5 Å². The SMILES string of the molecule is Clc1ccccc1-n1c(-c2cccs2)nc2cccnc21. The average molecular weight is 312 g/mol. The summed E-state index contributed by atoms with van der Waals surface area (Å²) >= 11 is 8.03. The van der Waals surface area contributed by atoms with E-state index in [2.05, 4.69) is 11.1 Å². The van der Waals surface area contributed by atoms with E-state index in [0.717, 1.165) is 27.6 Å². The van der Waals surface area contributed by atoms with Crippen LogP contribution in [0.2, 0.25) is 5.02 Å². The van der Waals surface area contributed by atoms with Gasteiger partial charge in [0.15, 0.2) is 11.5 Å². The van der Waals surface area contributed by atoms with E-state index in [9.17, 15) is 0 Å². The second kappa shape index (κ2) is 4.98. The lowest BCUT2D eigenvalue weighted by Crippen LogP contribution is -1.98. The van der Waals surface area contributed by atoms with E-state index in [4.69, 9.17) is 16.6 Å². The number of rotatable bonds is 2. The lowest BCUT2D eigenvalue weighted by Gasteiger charge is -2.09. The molecule has 0 saturated carbocycles. The molecule has 0 saturated heterocycles. The molecule has 4 aromatic rings. The minimum absolute atomic E-state index is 0.681. The normalized spacial score (nSPS) is 11.1. The number of aromatic nitrogens is 3. The van der Waals surface area contributed by atoms with Crippen LogP contribution in [0.1, 0.15) is 0 Å². The van der Waals surface area contributed by atoms with E-state index in [-0.39, 0.29) is 0 Å². The topological polar surface area (TPSA) is 30.7 Å². The lowest BCUT2D eigenvalue weighted by atomic mass is 10.3. The van der Waals surface area contributed by atoms with Crippen LogP contribution < -0.4 is 0 Å². The van der Waals surface area contributed by atoms with Gasteiger partial charge in [-0.3, -0.25) is 4.57 Å². The first-order chi connectivity index (χ1) is 10.3. The number of pyridine rings is 1. The summed E-state index contributed by atoms with van der Waals surface area (Å²) in [5.41, 5.74) is 2.57. The summed E-state index contributed by atoms with van der Waals surface area (Å²) < 4.78 is 2.02. The molecule has 3 nitrogen and oxygen atoms in total. The van der Waals surface area contributed by atoms with Gasteiger partial charge in [0.1, 0.15) is 5.52 Å². The second-order valence-electron chi connectivity index (χ2n) is 4.55. The van der Waals surface area contributed by atoms with Crippen LogP contribution in [-0.2, 0) is 0 Å². The molecule has 102 valence electrons. The molecule has 4 rings (SSSR count). The first-order valence-electron chi connectivity index (χ1n) is 6.47. The maximum absolute atomic E-state index is 6.38. The van der Waals surface area contributed by atoms with Gasteiger partial charge in [0.2, 0.25) is 0 Å². The van der Waals surface area contributed by atoms with E-state index in [0.29, 0.717) is 5.02 Å². The van der Waals surface area contributed by atoms with Gasteiger partial charge >= 0.3 is 0 Å². The largest absolute Gasteiger partial charge is 0.274 e. The van der Waals surface area contributed by atoms with Crippen LogP contribution >= 0.6 is 22.9 Å². The zero-order chi connectivity index (χ0) is 14.2. The number of nitrogens with zero attached hydrogens (tertiary/aromatic N) is 3. The molecule has 0 spiro atoms. The van der Waals surface area contributed by atoms with E-state index in [1.54, 1.807) is 17.5 Å². The third kappa shape index (κ3) is 2.04. The average Bonchev–Trinajstić information content (AvgIpc) is 3.15. The van der Waals surface area contributed by atoms with Crippen LogP contribution in [-0.4, -0.2) is 14.5 Å². The molecule has 0 N–H and O–H groups in total. The predicted octanol–water partition coefficient (Wildman–Crippen LogP) is 4.80. The van der Waals surface area contributed by atoms with Gasteiger partial charge in [-0.1, -0.05) is 29.8 Å². The van der Waals surface area contributed by atoms with Crippen LogP contribution in [0.3, 0.4) is 0 Å². The van der Waals surface area contributed by atoms with E-state index >= 15 is 0 Å². The number of halogens is 1. The Morgan fingerprint density at radius 2 is 1.90 bits per heavy atom.